The molecule has 1 aliphatic rings. The fourth-order valence-corrected chi connectivity index (χ4v) is 3.19. The molecular formula is C16H23ClO. The van der Waals surface area contributed by atoms with Gasteiger partial charge in [0, 0.05) is 0 Å². The molecule has 2 heteroatoms. The topological polar surface area (TPSA) is 9.23 Å². The second-order valence-electron chi connectivity index (χ2n) is 5.16. The molecule has 0 bridgehead atoms. The largest absolute Gasteiger partial charge is 0.494 e. The first-order chi connectivity index (χ1) is 8.81. The zero-order valence-corrected chi connectivity index (χ0v) is 12.0. The summed E-state index contributed by atoms with van der Waals surface area (Å²) in [5.74, 6) is 1.58. The molecule has 1 aromatic carbocycles. The van der Waals surface area contributed by atoms with Gasteiger partial charge < -0.3 is 4.74 Å². The first kappa shape index (κ1) is 13.7. The summed E-state index contributed by atoms with van der Waals surface area (Å²) < 4.78 is 5.46. The van der Waals surface area contributed by atoms with Crippen molar-refractivity contribution in [2.45, 2.75) is 50.8 Å². The minimum atomic E-state index is 0.166. The van der Waals surface area contributed by atoms with E-state index in [0.29, 0.717) is 12.5 Å². The molecule has 1 aliphatic carbocycles. The second kappa shape index (κ2) is 7.04. The predicted octanol–water partition coefficient (Wildman–Crippen LogP) is 5.34. The van der Waals surface area contributed by atoms with Gasteiger partial charge in [-0.25, -0.2) is 0 Å². The van der Waals surface area contributed by atoms with Crippen molar-refractivity contribution in [3.8, 4) is 5.75 Å². The maximum Gasteiger partial charge on any atom is 0.119 e. The summed E-state index contributed by atoms with van der Waals surface area (Å²) in [4.78, 5) is 0. The number of halogens is 1. The highest BCUT2D eigenvalue weighted by molar-refractivity contribution is 6.21. The van der Waals surface area contributed by atoms with Crippen molar-refractivity contribution in [3.05, 3.63) is 29.8 Å². The normalized spacial score (nSPS) is 19.2. The van der Waals surface area contributed by atoms with Crippen LogP contribution in [0.5, 0.6) is 5.75 Å². The first-order valence-electron chi connectivity index (χ1n) is 7.18. The lowest BCUT2D eigenvalue weighted by Gasteiger charge is -2.21. The van der Waals surface area contributed by atoms with E-state index < -0.39 is 0 Å². The maximum atomic E-state index is 6.65. The van der Waals surface area contributed by atoms with Gasteiger partial charge in [0.2, 0.25) is 0 Å². The van der Waals surface area contributed by atoms with Gasteiger partial charge in [-0.2, -0.15) is 0 Å². The summed E-state index contributed by atoms with van der Waals surface area (Å²) in [5.41, 5.74) is 1.24. The molecule has 0 saturated heterocycles. The van der Waals surface area contributed by atoms with E-state index in [0.717, 1.165) is 5.75 Å². The zero-order valence-electron chi connectivity index (χ0n) is 11.2. The van der Waals surface area contributed by atoms with E-state index in [1.165, 1.54) is 44.1 Å². The summed E-state index contributed by atoms with van der Waals surface area (Å²) in [6.45, 7) is 2.72. The van der Waals surface area contributed by atoms with E-state index in [1.807, 2.05) is 19.1 Å². The van der Waals surface area contributed by atoms with Gasteiger partial charge in [0.05, 0.1) is 12.0 Å². The van der Waals surface area contributed by atoms with E-state index >= 15 is 0 Å². The molecule has 0 heterocycles. The van der Waals surface area contributed by atoms with E-state index in [2.05, 4.69) is 12.1 Å². The van der Waals surface area contributed by atoms with Gasteiger partial charge in [0.1, 0.15) is 5.75 Å². The Labute approximate surface area is 115 Å². The molecule has 1 aromatic rings. The van der Waals surface area contributed by atoms with Crippen LogP contribution in [0.15, 0.2) is 24.3 Å². The molecule has 0 amide bonds. The van der Waals surface area contributed by atoms with Crippen molar-refractivity contribution in [2.75, 3.05) is 6.61 Å². The van der Waals surface area contributed by atoms with Crippen LogP contribution in [0.1, 0.15) is 56.4 Å². The molecule has 0 radical (unpaired) electrons. The average Bonchev–Trinajstić information content (AvgIpc) is 2.68. The van der Waals surface area contributed by atoms with Gasteiger partial charge in [0.25, 0.3) is 0 Å². The molecule has 1 nitrogen and oxygen atoms in total. The SMILES string of the molecule is CCOc1ccc(C(Cl)C2CCCCCC2)cc1. The first-order valence-corrected chi connectivity index (χ1v) is 7.61. The molecule has 1 fully saturated rings. The number of rotatable bonds is 4. The molecular weight excluding hydrogens is 244 g/mol. The van der Waals surface area contributed by atoms with Crippen LogP contribution >= 0.6 is 11.6 Å². The van der Waals surface area contributed by atoms with Crippen LogP contribution in [0.3, 0.4) is 0 Å². The quantitative estimate of drug-likeness (QED) is 0.528. The Morgan fingerprint density at radius 1 is 1.11 bits per heavy atom. The third kappa shape index (κ3) is 3.65. The summed E-state index contributed by atoms with van der Waals surface area (Å²) in [6, 6.07) is 8.30. The van der Waals surface area contributed by atoms with Gasteiger partial charge in [-0.3, -0.25) is 0 Å². The number of ether oxygens (including phenoxy) is 1. The molecule has 1 atom stereocenters. The Bertz CT molecular complexity index is 339. The van der Waals surface area contributed by atoms with Crippen LogP contribution in [0, 0.1) is 5.92 Å². The number of hydrogen-bond acceptors (Lipinski definition) is 1. The molecule has 2 rings (SSSR count). The Morgan fingerprint density at radius 3 is 2.28 bits per heavy atom. The monoisotopic (exact) mass is 266 g/mol. The molecule has 0 N–H and O–H groups in total. The smallest absolute Gasteiger partial charge is 0.119 e. The highest BCUT2D eigenvalue weighted by Gasteiger charge is 2.22. The number of alkyl halides is 1. The van der Waals surface area contributed by atoms with E-state index in [4.69, 9.17) is 16.3 Å². The fourth-order valence-electron chi connectivity index (χ4n) is 2.79. The number of benzene rings is 1. The Kier molecular flexibility index (Phi) is 5.37. The molecule has 1 saturated carbocycles. The van der Waals surface area contributed by atoms with Crippen LogP contribution in [-0.4, -0.2) is 6.61 Å². The van der Waals surface area contributed by atoms with Crippen molar-refractivity contribution in [2.24, 2.45) is 5.92 Å². The molecule has 0 aliphatic heterocycles. The summed E-state index contributed by atoms with van der Waals surface area (Å²) in [7, 11) is 0. The summed E-state index contributed by atoms with van der Waals surface area (Å²) in [5, 5.41) is 0.166. The Balaban J connectivity index is 2.00. The van der Waals surface area contributed by atoms with Crippen molar-refractivity contribution < 1.29 is 4.74 Å². The summed E-state index contributed by atoms with van der Waals surface area (Å²) in [6.07, 6.45) is 7.99. The molecule has 0 spiro atoms. The van der Waals surface area contributed by atoms with Gasteiger partial charge in [-0.1, -0.05) is 37.8 Å². The minimum Gasteiger partial charge on any atom is -0.494 e. The predicted molar refractivity (Wildman–Crippen MR) is 77.4 cm³/mol. The lowest BCUT2D eigenvalue weighted by molar-refractivity contribution is 0.340. The Morgan fingerprint density at radius 2 is 1.72 bits per heavy atom. The third-order valence-corrected chi connectivity index (χ3v) is 4.43. The zero-order chi connectivity index (χ0) is 12.8. The molecule has 1 unspecified atom stereocenters. The van der Waals surface area contributed by atoms with Crippen LogP contribution in [0.25, 0.3) is 0 Å². The minimum absolute atomic E-state index is 0.166. The van der Waals surface area contributed by atoms with E-state index in [1.54, 1.807) is 0 Å². The molecule has 0 aromatic heterocycles. The number of hydrogen-bond donors (Lipinski definition) is 0. The third-order valence-electron chi connectivity index (χ3n) is 3.82. The second-order valence-corrected chi connectivity index (χ2v) is 5.63. The van der Waals surface area contributed by atoms with E-state index in [9.17, 15) is 0 Å². The van der Waals surface area contributed by atoms with Gasteiger partial charge in [-0.15, -0.1) is 11.6 Å². The lowest BCUT2D eigenvalue weighted by atomic mass is 9.92. The van der Waals surface area contributed by atoms with Crippen LogP contribution < -0.4 is 4.74 Å². The van der Waals surface area contributed by atoms with Gasteiger partial charge in [0.15, 0.2) is 0 Å². The van der Waals surface area contributed by atoms with Crippen molar-refractivity contribution >= 4 is 11.6 Å². The maximum absolute atomic E-state index is 6.65. The van der Waals surface area contributed by atoms with Gasteiger partial charge in [-0.05, 0) is 43.4 Å². The Hall–Kier alpha value is -0.690. The van der Waals surface area contributed by atoms with Crippen molar-refractivity contribution in [3.63, 3.8) is 0 Å². The molecule has 100 valence electrons. The highest BCUT2D eigenvalue weighted by Crippen LogP contribution is 2.38. The summed E-state index contributed by atoms with van der Waals surface area (Å²) >= 11 is 6.65. The van der Waals surface area contributed by atoms with Gasteiger partial charge >= 0.3 is 0 Å². The van der Waals surface area contributed by atoms with Crippen molar-refractivity contribution in [1.82, 2.24) is 0 Å². The highest BCUT2D eigenvalue weighted by atomic mass is 35.5. The van der Waals surface area contributed by atoms with Crippen molar-refractivity contribution in [1.29, 1.82) is 0 Å². The fraction of sp³-hybridized carbons (Fsp3) is 0.625. The standard InChI is InChI=1S/C16H23ClO/c1-2-18-15-11-9-14(10-12-15)16(17)13-7-5-3-4-6-8-13/h9-13,16H,2-8H2,1H3. The van der Waals surface area contributed by atoms with Crippen LogP contribution in [0.2, 0.25) is 0 Å². The lowest BCUT2D eigenvalue weighted by Crippen LogP contribution is -2.07. The van der Waals surface area contributed by atoms with Crippen LogP contribution in [-0.2, 0) is 0 Å². The van der Waals surface area contributed by atoms with Crippen LogP contribution in [0.4, 0.5) is 0 Å². The van der Waals surface area contributed by atoms with E-state index in [-0.39, 0.29) is 5.38 Å². The average molecular weight is 267 g/mol. The molecule has 18 heavy (non-hydrogen) atoms.